The lowest BCUT2D eigenvalue weighted by Crippen LogP contribution is -2.59. The van der Waals surface area contributed by atoms with Crippen LogP contribution < -0.4 is 21.1 Å². The standard InChI is InChI=1S/C22H28N4O4/c1-3-14(2)24-19(27)11-12-23-20(28)15-7-6-8-16(13-15)26-22(30)18-10-5-4-9-17(18)21(29)25-26/h4-8,13-14,17-18H,3,9-12H2,1-2H3,(H,23,28)(H,24,27)(H,25,29). The van der Waals surface area contributed by atoms with E-state index in [4.69, 9.17) is 0 Å². The van der Waals surface area contributed by atoms with E-state index in [0.717, 1.165) is 6.42 Å². The van der Waals surface area contributed by atoms with Crippen molar-refractivity contribution in [3.8, 4) is 0 Å². The summed E-state index contributed by atoms with van der Waals surface area (Å²) in [5.74, 6) is -1.55. The molecule has 1 fully saturated rings. The fraction of sp³-hybridized carbons (Fsp3) is 0.455. The Kier molecular flexibility index (Phi) is 6.87. The van der Waals surface area contributed by atoms with Gasteiger partial charge in [-0.15, -0.1) is 0 Å². The van der Waals surface area contributed by atoms with Gasteiger partial charge < -0.3 is 10.6 Å². The van der Waals surface area contributed by atoms with Gasteiger partial charge in [0.05, 0.1) is 17.5 Å². The maximum atomic E-state index is 12.9. The number of nitrogens with zero attached hydrogens (tertiary/aromatic N) is 1. The Balaban J connectivity index is 1.62. The lowest BCUT2D eigenvalue weighted by Gasteiger charge is -2.38. The van der Waals surface area contributed by atoms with E-state index >= 15 is 0 Å². The third kappa shape index (κ3) is 4.87. The van der Waals surface area contributed by atoms with Crippen LogP contribution in [0.25, 0.3) is 0 Å². The number of carbonyl (C=O) groups is 4. The average Bonchev–Trinajstić information content (AvgIpc) is 2.76. The van der Waals surface area contributed by atoms with Gasteiger partial charge in [0, 0.05) is 24.6 Å². The molecule has 0 bridgehead atoms. The van der Waals surface area contributed by atoms with Gasteiger partial charge in [-0.25, -0.2) is 5.01 Å². The number of anilines is 1. The van der Waals surface area contributed by atoms with E-state index in [-0.39, 0.29) is 54.5 Å². The van der Waals surface area contributed by atoms with Crippen molar-refractivity contribution in [2.75, 3.05) is 11.6 Å². The first-order valence-electron chi connectivity index (χ1n) is 10.4. The Bertz CT molecular complexity index is 866. The van der Waals surface area contributed by atoms with Crippen molar-refractivity contribution < 1.29 is 19.2 Å². The molecule has 1 aromatic rings. The van der Waals surface area contributed by atoms with Crippen molar-refractivity contribution in [3.63, 3.8) is 0 Å². The molecule has 3 rings (SSSR count). The van der Waals surface area contributed by atoms with Gasteiger partial charge in [-0.1, -0.05) is 25.1 Å². The first kappa shape index (κ1) is 21.5. The normalized spacial score (nSPS) is 21.5. The molecule has 30 heavy (non-hydrogen) atoms. The molecule has 0 aromatic heterocycles. The first-order chi connectivity index (χ1) is 14.4. The van der Waals surface area contributed by atoms with Gasteiger partial charge in [-0.3, -0.25) is 24.6 Å². The van der Waals surface area contributed by atoms with Gasteiger partial charge >= 0.3 is 0 Å². The highest BCUT2D eigenvalue weighted by atomic mass is 16.2. The van der Waals surface area contributed by atoms with Crippen molar-refractivity contribution in [1.82, 2.24) is 16.1 Å². The Labute approximate surface area is 176 Å². The summed E-state index contributed by atoms with van der Waals surface area (Å²) in [6.07, 6.45) is 5.98. The van der Waals surface area contributed by atoms with Gasteiger partial charge in [0.15, 0.2) is 0 Å². The summed E-state index contributed by atoms with van der Waals surface area (Å²) in [5, 5.41) is 6.80. The zero-order valence-corrected chi connectivity index (χ0v) is 17.3. The Morgan fingerprint density at radius 3 is 2.67 bits per heavy atom. The third-order valence-corrected chi connectivity index (χ3v) is 5.55. The first-order valence-corrected chi connectivity index (χ1v) is 10.4. The van der Waals surface area contributed by atoms with Crippen molar-refractivity contribution in [2.24, 2.45) is 11.8 Å². The van der Waals surface area contributed by atoms with Crippen LogP contribution in [0, 0.1) is 11.8 Å². The van der Waals surface area contributed by atoms with Crippen LogP contribution in [0.2, 0.25) is 0 Å². The highest BCUT2D eigenvalue weighted by molar-refractivity contribution is 6.05. The summed E-state index contributed by atoms with van der Waals surface area (Å²) in [4.78, 5) is 49.6. The topological polar surface area (TPSA) is 108 Å². The van der Waals surface area contributed by atoms with Crippen LogP contribution in [-0.4, -0.2) is 36.2 Å². The monoisotopic (exact) mass is 412 g/mol. The second-order valence-corrected chi connectivity index (χ2v) is 7.74. The predicted octanol–water partition coefficient (Wildman–Crippen LogP) is 1.68. The quantitative estimate of drug-likeness (QED) is 0.592. The van der Waals surface area contributed by atoms with Gasteiger partial charge in [0.2, 0.25) is 17.7 Å². The molecular formula is C22H28N4O4. The molecule has 1 saturated heterocycles. The molecule has 0 spiro atoms. The van der Waals surface area contributed by atoms with Crippen LogP contribution in [-0.2, 0) is 14.4 Å². The number of hydrogen-bond donors (Lipinski definition) is 3. The second-order valence-electron chi connectivity index (χ2n) is 7.74. The summed E-state index contributed by atoms with van der Waals surface area (Å²) in [5.41, 5.74) is 3.44. The number of rotatable bonds is 7. The minimum absolute atomic E-state index is 0.0985. The smallest absolute Gasteiger partial charge is 0.251 e. The van der Waals surface area contributed by atoms with E-state index in [1.54, 1.807) is 24.3 Å². The van der Waals surface area contributed by atoms with Gasteiger partial charge in [0.25, 0.3) is 5.91 Å². The van der Waals surface area contributed by atoms with E-state index < -0.39 is 0 Å². The SMILES string of the molecule is CCC(C)NC(=O)CCNC(=O)c1cccc(N2NC(=O)C3CC=CCC3C2=O)c1. The van der Waals surface area contributed by atoms with Crippen molar-refractivity contribution in [3.05, 3.63) is 42.0 Å². The van der Waals surface area contributed by atoms with Gasteiger partial charge in [-0.2, -0.15) is 0 Å². The van der Waals surface area contributed by atoms with Crippen LogP contribution in [0.1, 0.15) is 49.9 Å². The van der Waals surface area contributed by atoms with Crippen LogP contribution >= 0.6 is 0 Å². The molecule has 0 saturated carbocycles. The van der Waals surface area contributed by atoms with Gasteiger partial charge in [0.1, 0.15) is 0 Å². The number of allylic oxidation sites excluding steroid dienone is 2. The largest absolute Gasteiger partial charge is 0.354 e. The molecule has 1 aromatic carbocycles. The predicted molar refractivity (Wildman–Crippen MR) is 112 cm³/mol. The lowest BCUT2D eigenvalue weighted by atomic mass is 9.80. The number of benzene rings is 1. The molecule has 8 nitrogen and oxygen atoms in total. The zero-order chi connectivity index (χ0) is 21.7. The number of hydrazine groups is 1. The summed E-state index contributed by atoms with van der Waals surface area (Å²) in [6, 6.07) is 6.62. The summed E-state index contributed by atoms with van der Waals surface area (Å²) in [7, 11) is 0. The molecular weight excluding hydrogens is 384 g/mol. The van der Waals surface area contributed by atoms with Crippen LogP contribution in [0.4, 0.5) is 5.69 Å². The molecule has 3 atom stereocenters. The molecule has 3 N–H and O–H groups in total. The van der Waals surface area contributed by atoms with Crippen LogP contribution in [0.15, 0.2) is 36.4 Å². The van der Waals surface area contributed by atoms with E-state index in [1.807, 2.05) is 26.0 Å². The van der Waals surface area contributed by atoms with Crippen molar-refractivity contribution >= 4 is 29.3 Å². The Morgan fingerprint density at radius 1 is 1.20 bits per heavy atom. The molecule has 2 aliphatic rings. The highest BCUT2D eigenvalue weighted by Crippen LogP contribution is 2.32. The summed E-state index contributed by atoms with van der Waals surface area (Å²) in [6.45, 7) is 4.12. The molecule has 4 amide bonds. The number of amides is 4. The van der Waals surface area contributed by atoms with Gasteiger partial charge in [-0.05, 0) is 44.4 Å². The number of hydrogen-bond acceptors (Lipinski definition) is 4. The Morgan fingerprint density at radius 2 is 1.93 bits per heavy atom. The minimum Gasteiger partial charge on any atom is -0.354 e. The molecule has 160 valence electrons. The lowest BCUT2D eigenvalue weighted by molar-refractivity contribution is -0.139. The zero-order valence-electron chi connectivity index (χ0n) is 17.3. The molecule has 3 unspecified atom stereocenters. The van der Waals surface area contributed by atoms with E-state index in [0.29, 0.717) is 24.1 Å². The van der Waals surface area contributed by atoms with E-state index in [2.05, 4.69) is 16.1 Å². The second kappa shape index (κ2) is 9.56. The molecule has 1 aliphatic carbocycles. The fourth-order valence-electron chi connectivity index (χ4n) is 3.61. The summed E-state index contributed by atoms with van der Waals surface area (Å²) >= 11 is 0. The number of nitrogens with one attached hydrogen (secondary N) is 3. The van der Waals surface area contributed by atoms with Crippen LogP contribution in [0.5, 0.6) is 0 Å². The summed E-state index contributed by atoms with van der Waals surface area (Å²) < 4.78 is 0. The minimum atomic E-state index is -0.384. The van der Waals surface area contributed by atoms with Crippen molar-refractivity contribution in [1.29, 1.82) is 0 Å². The Hall–Kier alpha value is -3.16. The average molecular weight is 412 g/mol. The fourth-order valence-corrected chi connectivity index (χ4v) is 3.61. The molecule has 0 radical (unpaired) electrons. The highest BCUT2D eigenvalue weighted by Gasteiger charge is 2.42. The maximum absolute atomic E-state index is 12.9. The number of fused-ring (bicyclic) bond motifs is 1. The molecule has 1 aliphatic heterocycles. The maximum Gasteiger partial charge on any atom is 0.251 e. The molecule has 1 heterocycles. The number of carbonyl (C=O) groups excluding carboxylic acids is 4. The van der Waals surface area contributed by atoms with Crippen LogP contribution in [0.3, 0.4) is 0 Å². The molecule has 8 heteroatoms. The third-order valence-electron chi connectivity index (χ3n) is 5.55. The van der Waals surface area contributed by atoms with Crippen molar-refractivity contribution in [2.45, 2.75) is 45.6 Å². The van der Waals surface area contributed by atoms with E-state index in [1.165, 1.54) is 5.01 Å². The van der Waals surface area contributed by atoms with E-state index in [9.17, 15) is 19.2 Å².